The van der Waals surface area contributed by atoms with Gasteiger partial charge in [-0.2, -0.15) is 0 Å². The first-order valence-electron chi connectivity index (χ1n) is 11.8. The molecule has 4 aromatic rings. The van der Waals surface area contributed by atoms with Crippen LogP contribution in [0.25, 0.3) is 16.7 Å². The second-order valence-corrected chi connectivity index (χ2v) is 9.36. The van der Waals surface area contributed by atoms with Crippen molar-refractivity contribution in [2.24, 2.45) is 0 Å². The number of fused-ring (bicyclic) bond motifs is 3. The van der Waals surface area contributed by atoms with Gasteiger partial charge in [-0.3, -0.25) is 14.2 Å². The summed E-state index contributed by atoms with van der Waals surface area (Å²) in [5.41, 5.74) is 0.444. The van der Waals surface area contributed by atoms with Crippen molar-refractivity contribution in [3.05, 3.63) is 79.2 Å². The van der Waals surface area contributed by atoms with Crippen LogP contribution in [0.15, 0.2) is 46.0 Å². The highest BCUT2D eigenvalue weighted by Crippen LogP contribution is 2.20. The summed E-state index contributed by atoms with van der Waals surface area (Å²) in [7, 11) is 0. The van der Waals surface area contributed by atoms with Crippen molar-refractivity contribution in [1.29, 1.82) is 0 Å². The summed E-state index contributed by atoms with van der Waals surface area (Å²) >= 11 is 6.17. The van der Waals surface area contributed by atoms with Crippen LogP contribution in [0, 0.1) is 5.82 Å². The average molecular weight is 498 g/mol. The van der Waals surface area contributed by atoms with Crippen LogP contribution < -0.4 is 16.6 Å². The molecule has 0 unspecified atom stereocenters. The van der Waals surface area contributed by atoms with Gasteiger partial charge in [-0.05, 0) is 55.2 Å². The first kappa shape index (κ1) is 23.3. The topological polar surface area (TPSA) is 90.4 Å². The van der Waals surface area contributed by atoms with E-state index in [2.05, 4.69) is 10.4 Å². The molecule has 0 atom stereocenters. The number of hydrogen-bond donors (Lipinski definition) is 1. The molecule has 5 rings (SSSR count). The normalized spacial score (nSPS) is 14.3. The van der Waals surface area contributed by atoms with Gasteiger partial charge in [0, 0.05) is 23.2 Å². The Morgan fingerprint density at radius 1 is 1.17 bits per heavy atom. The number of nitrogens with one attached hydrogen (secondary N) is 1. The summed E-state index contributed by atoms with van der Waals surface area (Å²) in [6.07, 6.45) is 4.74. The Balaban J connectivity index is 1.67. The predicted molar refractivity (Wildman–Crippen MR) is 132 cm³/mol. The summed E-state index contributed by atoms with van der Waals surface area (Å²) in [6, 6.07) is 8.85. The number of aromatic nitrogens is 4. The smallest absolute Gasteiger partial charge is 0.349 e. The van der Waals surface area contributed by atoms with Crippen LogP contribution in [0.2, 0.25) is 5.02 Å². The lowest BCUT2D eigenvalue weighted by Crippen LogP contribution is -2.32. The molecule has 10 heteroatoms. The molecule has 1 N–H and O–H groups in total. The lowest BCUT2D eigenvalue weighted by atomic mass is 10.1. The number of amides is 1. The third-order valence-electron chi connectivity index (χ3n) is 6.51. The number of carbonyl (C=O) groups excluding carboxylic acids is 1. The van der Waals surface area contributed by atoms with Gasteiger partial charge in [0.1, 0.15) is 5.82 Å². The molecular formula is C25H25ClFN5O3. The summed E-state index contributed by atoms with van der Waals surface area (Å²) in [5, 5.41) is 7.98. The maximum atomic E-state index is 13.5. The minimum Gasteiger partial charge on any atom is -0.349 e. The van der Waals surface area contributed by atoms with Crippen LogP contribution >= 0.6 is 11.6 Å². The minimum absolute atomic E-state index is 0.00327. The first-order chi connectivity index (χ1) is 16.9. The van der Waals surface area contributed by atoms with E-state index in [1.54, 1.807) is 18.2 Å². The monoisotopic (exact) mass is 497 g/mol. The molecule has 1 fully saturated rings. The van der Waals surface area contributed by atoms with Crippen LogP contribution in [0.1, 0.15) is 54.9 Å². The molecular weight excluding hydrogens is 473 g/mol. The standard InChI is InChI=1S/C25H25ClFN5O3/c1-2-11-30-23(34)19-10-8-15(22(33)28-18-5-3-4-6-18)12-21(19)32-24(30)29-31(25(32)35)14-16-7-9-17(27)13-20(16)26/h7-10,12-13,18H,2-6,11,14H2,1H3,(H,28,33). The fourth-order valence-electron chi connectivity index (χ4n) is 4.74. The van der Waals surface area contributed by atoms with Gasteiger partial charge < -0.3 is 5.32 Å². The van der Waals surface area contributed by atoms with Crippen molar-refractivity contribution in [1.82, 2.24) is 24.1 Å². The molecule has 0 bridgehead atoms. The second-order valence-electron chi connectivity index (χ2n) is 8.95. The maximum Gasteiger partial charge on any atom is 0.352 e. The summed E-state index contributed by atoms with van der Waals surface area (Å²) in [4.78, 5) is 39.7. The van der Waals surface area contributed by atoms with E-state index in [9.17, 15) is 18.8 Å². The molecule has 8 nitrogen and oxygen atoms in total. The second kappa shape index (κ2) is 9.30. The molecule has 1 aliphatic rings. The summed E-state index contributed by atoms with van der Waals surface area (Å²) in [5.74, 6) is -0.531. The molecule has 0 saturated heterocycles. The van der Waals surface area contributed by atoms with Gasteiger partial charge in [-0.25, -0.2) is 18.3 Å². The molecule has 35 heavy (non-hydrogen) atoms. The number of rotatable bonds is 6. The highest BCUT2D eigenvalue weighted by atomic mass is 35.5. The third kappa shape index (κ3) is 4.25. The van der Waals surface area contributed by atoms with Gasteiger partial charge in [0.05, 0.1) is 17.4 Å². The summed E-state index contributed by atoms with van der Waals surface area (Å²) in [6.45, 7) is 2.30. The molecule has 2 aromatic heterocycles. The molecule has 1 aliphatic carbocycles. The Morgan fingerprint density at radius 3 is 2.66 bits per heavy atom. The van der Waals surface area contributed by atoms with Gasteiger partial charge in [-0.15, -0.1) is 5.10 Å². The number of aryl methyl sites for hydroxylation is 1. The number of carbonyl (C=O) groups is 1. The Morgan fingerprint density at radius 2 is 1.94 bits per heavy atom. The van der Waals surface area contributed by atoms with E-state index in [-0.39, 0.29) is 34.9 Å². The Labute approximate surface area is 204 Å². The van der Waals surface area contributed by atoms with Gasteiger partial charge in [0.25, 0.3) is 11.5 Å². The van der Waals surface area contributed by atoms with Crippen molar-refractivity contribution in [2.45, 2.75) is 58.2 Å². The quantitative estimate of drug-likeness (QED) is 0.439. The maximum absolute atomic E-state index is 13.5. The molecule has 1 saturated carbocycles. The Kier molecular flexibility index (Phi) is 6.19. The number of benzene rings is 2. The predicted octanol–water partition coefficient (Wildman–Crippen LogP) is 3.73. The molecule has 0 spiro atoms. The van der Waals surface area contributed by atoms with Gasteiger partial charge in [0.15, 0.2) is 0 Å². The number of hydrogen-bond acceptors (Lipinski definition) is 4. The Bertz CT molecular complexity index is 1570. The molecule has 0 aliphatic heterocycles. The highest BCUT2D eigenvalue weighted by Gasteiger charge is 2.21. The van der Waals surface area contributed by atoms with Crippen LogP contribution in [0.5, 0.6) is 0 Å². The van der Waals surface area contributed by atoms with Crippen molar-refractivity contribution < 1.29 is 9.18 Å². The van der Waals surface area contributed by atoms with Gasteiger partial charge in [0.2, 0.25) is 5.78 Å². The fraction of sp³-hybridized carbons (Fsp3) is 0.360. The fourth-order valence-corrected chi connectivity index (χ4v) is 4.96. The van der Waals surface area contributed by atoms with Crippen molar-refractivity contribution in [3.8, 4) is 0 Å². The van der Waals surface area contributed by atoms with E-state index >= 15 is 0 Å². The SMILES string of the molecule is CCCn1c(=O)c2ccc(C(=O)NC3CCCC3)cc2n2c(=O)n(Cc3ccc(F)cc3Cl)nc12. The van der Waals surface area contributed by atoms with Crippen molar-refractivity contribution >= 4 is 34.2 Å². The van der Waals surface area contributed by atoms with E-state index in [0.717, 1.165) is 25.7 Å². The van der Waals surface area contributed by atoms with E-state index in [0.29, 0.717) is 35.0 Å². The number of nitrogens with zero attached hydrogens (tertiary/aromatic N) is 4. The van der Waals surface area contributed by atoms with E-state index in [1.807, 2.05) is 6.92 Å². The Hall–Kier alpha value is -3.46. The molecule has 182 valence electrons. The summed E-state index contributed by atoms with van der Waals surface area (Å²) < 4.78 is 17.5. The van der Waals surface area contributed by atoms with Crippen LogP contribution in [0.4, 0.5) is 4.39 Å². The zero-order valence-corrected chi connectivity index (χ0v) is 20.0. The largest absolute Gasteiger partial charge is 0.352 e. The molecule has 0 radical (unpaired) electrons. The average Bonchev–Trinajstić information content (AvgIpc) is 3.46. The van der Waals surface area contributed by atoms with Crippen LogP contribution in [0.3, 0.4) is 0 Å². The molecule has 2 heterocycles. The first-order valence-corrected chi connectivity index (χ1v) is 12.2. The van der Waals surface area contributed by atoms with Crippen LogP contribution in [-0.2, 0) is 13.1 Å². The molecule has 2 aromatic carbocycles. The van der Waals surface area contributed by atoms with E-state index < -0.39 is 11.5 Å². The zero-order chi connectivity index (χ0) is 24.7. The number of halogens is 2. The molecule has 1 amide bonds. The van der Waals surface area contributed by atoms with Crippen LogP contribution in [-0.4, -0.2) is 30.7 Å². The zero-order valence-electron chi connectivity index (χ0n) is 19.3. The lowest BCUT2D eigenvalue weighted by Gasteiger charge is -2.13. The van der Waals surface area contributed by atoms with E-state index in [4.69, 9.17) is 11.6 Å². The minimum atomic E-state index is -0.483. The van der Waals surface area contributed by atoms with Crippen molar-refractivity contribution in [2.75, 3.05) is 0 Å². The third-order valence-corrected chi connectivity index (χ3v) is 6.86. The van der Waals surface area contributed by atoms with Gasteiger partial charge >= 0.3 is 5.69 Å². The highest BCUT2D eigenvalue weighted by molar-refractivity contribution is 6.31. The lowest BCUT2D eigenvalue weighted by molar-refractivity contribution is 0.0938. The van der Waals surface area contributed by atoms with E-state index in [1.165, 1.54) is 31.8 Å². The van der Waals surface area contributed by atoms with Crippen molar-refractivity contribution in [3.63, 3.8) is 0 Å². The van der Waals surface area contributed by atoms with Gasteiger partial charge in [-0.1, -0.05) is 37.4 Å².